The van der Waals surface area contributed by atoms with Gasteiger partial charge in [-0.3, -0.25) is 4.79 Å². The van der Waals surface area contributed by atoms with Gasteiger partial charge in [-0.05, 0) is 31.3 Å². The van der Waals surface area contributed by atoms with Gasteiger partial charge in [-0.2, -0.15) is 0 Å². The minimum atomic E-state index is -0.111. The van der Waals surface area contributed by atoms with E-state index in [2.05, 4.69) is 20.2 Å². The van der Waals surface area contributed by atoms with E-state index in [4.69, 9.17) is 0 Å². The molecule has 0 aromatic carbocycles. The zero-order valence-corrected chi connectivity index (χ0v) is 15.0. The van der Waals surface area contributed by atoms with E-state index in [1.165, 1.54) is 0 Å². The van der Waals surface area contributed by atoms with Crippen molar-refractivity contribution in [3.8, 4) is 0 Å². The number of nitrogens with one attached hydrogen (secondary N) is 1. The molecule has 6 nitrogen and oxygen atoms in total. The summed E-state index contributed by atoms with van der Waals surface area (Å²) in [6, 6.07) is 1.93. The molecule has 1 aliphatic rings. The minimum absolute atomic E-state index is 0. The van der Waals surface area contributed by atoms with Gasteiger partial charge >= 0.3 is 0 Å². The first-order valence-corrected chi connectivity index (χ1v) is 8.44. The van der Waals surface area contributed by atoms with Crippen LogP contribution in [0.3, 0.4) is 0 Å². The first-order valence-electron chi connectivity index (χ1n) is 7.57. The summed E-state index contributed by atoms with van der Waals surface area (Å²) in [4.78, 5) is 26.4. The molecule has 1 aliphatic heterocycles. The van der Waals surface area contributed by atoms with E-state index in [0.29, 0.717) is 0 Å². The highest BCUT2D eigenvalue weighted by molar-refractivity contribution is 7.16. The molecule has 0 radical (unpaired) electrons. The highest BCUT2D eigenvalue weighted by atomic mass is 35.5. The van der Waals surface area contributed by atoms with Crippen LogP contribution in [0.5, 0.6) is 0 Å². The maximum absolute atomic E-state index is 12.7. The van der Waals surface area contributed by atoms with Crippen molar-refractivity contribution in [2.75, 3.05) is 38.6 Å². The number of fused-ring (bicyclic) bond motifs is 1. The van der Waals surface area contributed by atoms with Crippen LogP contribution >= 0.6 is 23.7 Å². The molecule has 2 aromatic rings. The molecular formula is C15H22ClN5OS. The summed E-state index contributed by atoms with van der Waals surface area (Å²) >= 11 is 1.61. The normalized spacial score (nSPS) is 17.3. The van der Waals surface area contributed by atoms with Crippen LogP contribution in [0.1, 0.15) is 12.8 Å². The third-order valence-electron chi connectivity index (χ3n) is 4.12. The van der Waals surface area contributed by atoms with E-state index in [1.54, 1.807) is 17.7 Å². The number of hydrogen-bond acceptors (Lipinski definition) is 6. The third-order valence-corrected chi connectivity index (χ3v) is 4.94. The van der Waals surface area contributed by atoms with Crippen molar-refractivity contribution in [1.29, 1.82) is 0 Å². The summed E-state index contributed by atoms with van der Waals surface area (Å²) in [7, 11) is 3.77. The molecule has 126 valence electrons. The number of nitrogens with zero attached hydrogens (tertiary/aromatic N) is 4. The lowest BCUT2D eigenvalue weighted by Gasteiger charge is -2.29. The number of hydrogen-bond donors (Lipinski definition) is 1. The second-order valence-electron chi connectivity index (χ2n) is 5.55. The molecule has 1 amide bonds. The van der Waals surface area contributed by atoms with Crippen LogP contribution in [-0.4, -0.2) is 60.5 Å². The van der Waals surface area contributed by atoms with E-state index in [9.17, 15) is 4.79 Å². The highest BCUT2D eigenvalue weighted by Crippen LogP contribution is 2.32. The minimum Gasteiger partial charge on any atom is -0.344 e. The van der Waals surface area contributed by atoms with Gasteiger partial charge in [0.2, 0.25) is 5.91 Å². The lowest BCUT2D eigenvalue weighted by atomic mass is 10.2. The maximum Gasteiger partial charge on any atom is 0.245 e. The average Bonchev–Trinajstić information content (AvgIpc) is 3.19. The number of aromatic nitrogens is 2. The lowest BCUT2D eigenvalue weighted by Crippen LogP contribution is -2.46. The van der Waals surface area contributed by atoms with Gasteiger partial charge in [0, 0.05) is 26.7 Å². The van der Waals surface area contributed by atoms with Crippen LogP contribution in [0.25, 0.3) is 10.2 Å². The molecule has 0 bridgehead atoms. The standard InChI is InChI=1S/C15H21N5OS.ClH/c1-16-6-8-19(2)15(21)12-4-3-7-20(12)13-11-5-9-22-14(11)18-10-17-13;/h5,9-10,12,16H,3-4,6-8H2,1-2H3;1H. The van der Waals surface area contributed by atoms with Crippen LogP contribution < -0.4 is 10.2 Å². The van der Waals surface area contributed by atoms with E-state index in [1.807, 2.05) is 30.4 Å². The monoisotopic (exact) mass is 355 g/mol. The third kappa shape index (κ3) is 3.57. The Morgan fingerprint density at radius 2 is 2.35 bits per heavy atom. The van der Waals surface area contributed by atoms with Crippen LogP contribution in [0.15, 0.2) is 17.8 Å². The SMILES string of the molecule is CNCCN(C)C(=O)C1CCCN1c1ncnc2sccc12.Cl. The number of halogens is 1. The van der Waals surface area contributed by atoms with Crippen molar-refractivity contribution in [1.82, 2.24) is 20.2 Å². The second-order valence-corrected chi connectivity index (χ2v) is 6.45. The second kappa shape index (κ2) is 7.90. The average molecular weight is 356 g/mol. The van der Waals surface area contributed by atoms with E-state index in [-0.39, 0.29) is 24.4 Å². The first-order chi connectivity index (χ1) is 10.7. The predicted octanol–water partition coefficient (Wildman–Crippen LogP) is 1.76. The molecule has 3 rings (SSSR count). The zero-order chi connectivity index (χ0) is 15.5. The number of carbonyl (C=O) groups is 1. The Morgan fingerprint density at radius 3 is 3.13 bits per heavy atom. The molecule has 3 heterocycles. The summed E-state index contributed by atoms with van der Waals surface area (Å²) in [6.07, 6.45) is 3.50. The number of amides is 1. The Morgan fingerprint density at radius 1 is 1.52 bits per heavy atom. The van der Waals surface area contributed by atoms with Gasteiger partial charge in [-0.25, -0.2) is 9.97 Å². The van der Waals surface area contributed by atoms with Gasteiger partial charge in [0.05, 0.1) is 5.39 Å². The number of likely N-dealkylation sites (N-methyl/N-ethyl adjacent to an activating group) is 2. The Kier molecular flexibility index (Phi) is 6.15. The van der Waals surface area contributed by atoms with Crippen molar-refractivity contribution in [2.45, 2.75) is 18.9 Å². The molecule has 1 unspecified atom stereocenters. The Hall–Kier alpha value is -1.44. The topological polar surface area (TPSA) is 61.4 Å². The molecule has 1 N–H and O–H groups in total. The van der Waals surface area contributed by atoms with Crippen molar-refractivity contribution in [3.05, 3.63) is 17.8 Å². The molecule has 0 aliphatic carbocycles. The zero-order valence-electron chi connectivity index (χ0n) is 13.4. The largest absolute Gasteiger partial charge is 0.344 e. The van der Waals surface area contributed by atoms with E-state index >= 15 is 0 Å². The Balaban J connectivity index is 0.00000192. The van der Waals surface area contributed by atoms with Crippen LogP contribution in [0, 0.1) is 0 Å². The predicted molar refractivity (Wildman–Crippen MR) is 96.6 cm³/mol. The van der Waals surface area contributed by atoms with Crippen molar-refractivity contribution in [3.63, 3.8) is 0 Å². The smallest absolute Gasteiger partial charge is 0.245 e. The quantitative estimate of drug-likeness (QED) is 0.885. The fourth-order valence-corrected chi connectivity index (χ4v) is 3.65. The first kappa shape index (κ1) is 17.9. The van der Waals surface area contributed by atoms with Crippen molar-refractivity contribution >= 4 is 45.7 Å². The van der Waals surface area contributed by atoms with Gasteiger partial charge < -0.3 is 15.1 Å². The van der Waals surface area contributed by atoms with E-state index in [0.717, 1.165) is 48.5 Å². The molecule has 23 heavy (non-hydrogen) atoms. The molecule has 0 spiro atoms. The van der Waals surface area contributed by atoms with Crippen LogP contribution in [0.4, 0.5) is 5.82 Å². The molecule has 1 saturated heterocycles. The van der Waals surface area contributed by atoms with Gasteiger partial charge in [-0.15, -0.1) is 23.7 Å². The Bertz CT molecular complexity index is 664. The fourth-order valence-electron chi connectivity index (χ4n) is 2.93. The van der Waals surface area contributed by atoms with Gasteiger partial charge in [0.1, 0.15) is 23.0 Å². The van der Waals surface area contributed by atoms with Crippen molar-refractivity contribution in [2.24, 2.45) is 0 Å². The van der Waals surface area contributed by atoms with Crippen LogP contribution in [-0.2, 0) is 4.79 Å². The van der Waals surface area contributed by atoms with Gasteiger partial charge in [0.25, 0.3) is 0 Å². The molecule has 8 heteroatoms. The maximum atomic E-state index is 12.7. The molecule has 2 aromatic heterocycles. The summed E-state index contributed by atoms with van der Waals surface area (Å²) < 4.78 is 0. The molecule has 0 saturated carbocycles. The summed E-state index contributed by atoms with van der Waals surface area (Å²) in [5.41, 5.74) is 0. The Labute approximate surface area is 146 Å². The van der Waals surface area contributed by atoms with Crippen LogP contribution in [0.2, 0.25) is 0 Å². The number of anilines is 1. The van der Waals surface area contributed by atoms with Gasteiger partial charge in [-0.1, -0.05) is 0 Å². The van der Waals surface area contributed by atoms with Crippen molar-refractivity contribution < 1.29 is 4.79 Å². The summed E-state index contributed by atoms with van der Waals surface area (Å²) in [5, 5.41) is 6.15. The number of rotatable bonds is 5. The fraction of sp³-hybridized carbons (Fsp3) is 0.533. The highest BCUT2D eigenvalue weighted by Gasteiger charge is 2.34. The number of thiophene rings is 1. The summed E-state index contributed by atoms with van der Waals surface area (Å²) in [5.74, 6) is 1.07. The molecule has 1 atom stereocenters. The summed E-state index contributed by atoms with van der Waals surface area (Å²) in [6.45, 7) is 2.40. The number of carbonyl (C=O) groups excluding carboxylic acids is 1. The lowest BCUT2D eigenvalue weighted by molar-refractivity contribution is -0.131. The molecular weight excluding hydrogens is 334 g/mol. The molecule has 1 fully saturated rings. The van der Waals surface area contributed by atoms with E-state index < -0.39 is 0 Å². The van der Waals surface area contributed by atoms with Gasteiger partial charge in [0.15, 0.2) is 0 Å².